The number of hydrogen-bond acceptors (Lipinski definition) is 4. The zero-order valence-corrected chi connectivity index (χ0v) is 11.4. The lowest BCUT2D eigenvalue weighted by Gasteiger charge is -2.06. The summed E-state index contributed by atoms with van der Waals surface area (Å²) >= 11 is 0. The molecule has 6 nitrogen and oxygen atoms in total. The van der Waals surface area contributed by atoms with Crippen molar-refractivity contribution in [3.8, 4) is 0 Å². The summed E-state index contributed by atoms with van der Waals surface area (Å²) in [6.45, 7) is 0. The summed E-state index contributed by atoms with van der Waals surface area (Å²) in [5, 5.41) is 11.4. The van der Waals surface area contributed by atoms with Crippen LogP contribution in [0.4, 0.5) is 5.69 Å². The van der Waals surface area contributed by atoms with Crippen LogP contribution in [0.3, 0.4) is 0 Å². The Hall–Kier alpha value is -3.28. The molecule has 0 bridgehead atoms. The van der Waals surface area contributed by atoms with E-state index < -0.39 is 0 Å². The number of hydrogen-bond donors (Lipinski definition) is 2. The van der Waals surface area contributed by atoms with Crippen molar-refractivity contribution in [2.45, 2.75) is 0 Å². The van der Waals surface area contributed by atoms with E-state index in [0.717, 1.165) is 16.4 Å². The van der Waals surface area contributed by atoms with Crippen molar-refractivity contribution in [3.05, 3.63) is 60.7 Å². The van der Waals surface area contributed by atoms with Gasteiger partial charge in [0.05, 0.1) is 22.1 Å². The summed E-state index contributed by atoms with van der Waals surface area (Å²) < 4.78 is 0. The van der Waals surface area contributed by atoms with Crippen LogP contribution in [-0.2, 0) is 0 Å². The van der Waals surface area contributed by atoms with Gasteiger partial charge in [-0.25, -0.2) is 0 Å². The lowest BCUT2D eigenvalue weighted by atomic mass is 10.2. The zero-order chi connectivity index (χ0) is 14.9. The van der Waals surface area contributed by atoms with Crippen molar-refractivity contribution in [2.75, 3.05) is 5.32 Å². The number of benzene rings is 1. The van der Waals surface area contributed by atoms with E-state index in [1.165, 1.54) is 0 Å². The van der Waals surface area contributed by atoms with Gasteiger partial charge >= 0.3 is 0 Å². The summed E-state index contributed by atoms with van der Waals surface area (Å²) in [6, 6.07) is 11.2. The third kappa shape index (κ3) is 1.98. The van der Waals surface area contributed by atoms with Crippen LogP contribution in [0.15, 0.2) is 55.0 Å². The fraction of sp³-hybridized carbons (Fsp3) is 0. The average molecular weight is 289 g/mol. The molecule has 3 heterocycles. The van der Waals surface area contributed by atoms with Gasteiger partial charge in [0.1, 0.15) is 0 Å². The number of H-pyrrole nitrogens is 1. The summed E-state index contributed by atoms with van der Waals surface area (Å²) in [7, 11) is 0. The molecule has 0 spiro atoms. The van der Waals surface area contributed by atoms with Crippen molar-refractivity contribution in [2.24, 2.45) is 0 Å². The molecule has 2 N–H and O–H groups in total. The number of fused-ring (bicyclic) bond motifs is 2. The van der Waals surface area contributed by atoms with Gasteiger partial charge in [-0.1, -0.05) is 18.2 Å². The number of carbonyl (C=O) groups is 1. The predicted molar refractivity (Wildman–Crippen MR) is 83.6 cm³/mol. The first kappa shape index (κ1) is 12.5. The minimum atomic E-state index is -0.294. The van der Waals surface area contributed by atoms with Crippen LogP contribution in [0.1, 0.15) is 10.5 Å². The van der Waals surface area contributed by atoms with Gasteiger partial charge in [-0.3, -0.25) is 19.9 Å². The molecule has 106 valence electrons. The largest absolute Gasteiger partial charge is 0.319 e. The second-order valence-corrected chi connectivity index (χ2v) is 4.83. The molecule has 0 aliphatic rings. The fourth-order valence-corrected chi connectivity index (χ4v) is 2.42. The highest BCUT2D eigenvalue weighted by Gasteiger charge is 2.15. The number of rotatable bonds is 2. The van der Waals surface area contributed by atoms with Gasteiger partial charge < -0.3 is 5.32 Å². The number of amides is 1. The predicted octanol–water partition coefficient (Wildman–Crippen LogP) is 2.76. The topological polar surface area (TPSA) is 83.6 Å². The molecule has 6 heteroatoms. The number of nitrogens with zero attached hydrogens (tertiary/aromatic N) is 3. The quantitative estimate of drug-likeness (QED) is 0.594. The molecule has 0 unspecified atom stereocenters. The molecule has 0 aliphatic carbocycles. The Bertz CT molecular complexity index is 987. The lowest BCUT2D eigenvalue weighted by molar-refractivity contribution is 0.102. The van der Waals surface area contributed by atoms with Crippen LogP contribution in [0, 0.1) is 0 Å². The minimum Gasteiger partial charge on any atom is -0.319 e. The summed E-state index contributed by atoms with van der Waals surface area (Å²) in [5.74, 6) is -0.294. The van der Waals surface area contributed by atoms with E-state index >= 15 is 0 Å². The van der Waals surface area contributed by atoms with E-state index in [-0.39, 0.29) is 5.91 Å². The van der Waals surface area contributed by atoms with Gasteiger partial charge in [0.2, 0.25) is 0 Å². The summed E-state index contributed by atoms with van der Waals surface area (Å²) in [6.07, 6.45) is 4.97. The van der Waals surface area contributed by atoms with Gasteiger partial charge in [0.15, 0.2) is 5.69 Å². The molecule has 1 aromatic carbocycles. The van der Waals surface area contributed by atoms with Gasteiger partial charge in [-0.2, -0.15) is 5.10 Å². The standard InChI is InChI=1S/C16H11N5O/c22-16(15-11-9-17-8-6-12(11)20-21-15)19-13-5-1-3-10-4-2-7-18-14(10)13/h1-9H,(H,19,22)(H,20,21). The Balaban J connectivity index is 1.75. The number of pyridine rings is 2. The van der Waals surface area contributed by atoms with Gasteiger partial charge in [0, 0.05) is 24.0 Å². The Morgan fingerprint density at radius 2 is 2.00 bits per heavy atom. The first-order valence-electron chi connectivity index (χ1n) is 6.76. The van der Waals surface area contributed by atoms with Crippen molar-refractivity contribution < 1.29 is 4.79 Å². The third-order valence-electron chi connectivity index (χ3n) is 3.46. The highest BCUT2D eigenvalue weighted by molar-refractivity contribution is 6.13. The second-order valence-electron chi connectivity index (χ2n) is 4.83. The maximum absolute atomic E-state index is 12.5. The summed E-state index contributed by atoms with van der Waals surface area (Å²) in [5.41, 5.74) is 2.49. The Morgan fingerprint density at radius 3 is 2.95 bits per heavy atom. The number of aromatic nitrogens is 4. The first-order chi connectivity index (χ1) is 10.8. The smallest absolute Gasteiger partial charge is 0.276 e. The van der Waals surface area contributed by atoms with Crippen molar-refractivity contribution in [1.82, 2.24) is 20.2 Å². The van der Waals surface area contributed by atoms with E-state index in [1.807, 2.05) is 30.3 Å². The minimum absolute atomic E-state index is 0.294. The second kappa shape index (κ2) is 4.92. The van der Waals surface area contributed by atoms with E-state index in [9.17, 15) is 4.79 Å². The average Bonchev–Trinajstić information content (AvgIpc) is 2.99. The Labute approximate surface area is 125 Å². The summed E-state index contributed by atoms with van der Waals surface area (Å²) in [4.78, 5) is 20.8. The molecule has 22 heavy (non-hydrogen) atoms. The molecule has 0 saturated heterocycles. The van der Waals surface area contributed by atoms with Gasteiger partial charge in [-0.05, 0) is 18.2 Å². The zero-order valence-electron chi connectivity index (χ0n) is 11.4. The molecule has 0 aliphatic heterocycles. The van der Waals surface area contributed by atoms with Crippen LogP contribution in [-0.4, -0.2) is 26.1 Å². The van der Waals surface area contributed by atoms with Crippen molar-refractivity contribution in [1.29, 1.82) is 0 Å². The highest BCUT2D eigenvalue weighted by Crippen LogP contribution is 2.22. The van der Waals surface area contributed by atoms with Crippen LogP contribution in [0.5, 0.6) is 0 Å². The molecule has 3 aromatic heterocycles. The molecule has 1 amide bonds. The Morgan fingerprint density at radius 1 is 1.09 bits per heavy atom. The highest BCUT2D eigenvalue weighted by atomic mass is 16.1. The Kier molecular flexibility index (Phi) is 2.79. The van der Waals surface area contributed by atoms with E-state index in [1.54, 1.807) is 24.7 Å². The molecular formula is C16H11N5O. The number of para-hydroxylation sites is 1. The van der Waals surface area contributed by atoms with Gasteiger partial charge in [0.25, 0.3) is 5.91 Å². The van der Waals surface area contributed by atoms with Crippen molar-refractivity contribution >= 4 is 33.4 Å². The monoisotopic (exact) mass is 289 g/mol. The van der Waals surface area contributed by atoms with E-state index in [0.29, 0.717) is 16.8 Å². The normalized spacial score (nSPS) is 10.9. The molecule has 4 aromatic rings. The van der Waals surface area contributed by atoms with Crippen LogP contribution >= 0.6 is 0 Å². The molecule has 0 saturated carbocycles. The molecule has 4 rings (SSSR count). The third-order valence-corrected chi connectivity index (χ3v) is 3.46. The molecular weight excluding hydrogens is 278 g/mol. The van der Waals surface area contributed by atoms with Crippen molar-refractivity contribution in [3.63, 3.8) is 0 Å². The lowest BCUT2D eigenvalue weighted by Crippen LogP contribution is -2.13. The number of carbonyl (C=O) groups excluding carboxylic acids is 1. The number of nitrogens with one attached hydrogen (secondary N) is 2. The number of aromatic amines is 1. The van der Waals surface area contributed by atoms with Crippen LogP contribution in [0.2, 0.25) is 0 Å². The van der Waals surface area contributed by atoms with Crippen LogP contribution < -0.4 is 5.32 Å². The fourth-order valence-electron chi connectivity index (χ4n) is 2.42. The molecule has 0 atom stereocenters. The van der Waals surface area contributed by atoms with Gasteiger partial charge in [-0.15, -0.1) is 0 Å². The molecule has 0 radical (unpaired) electrons. The maximum atomic E-state index is 12.5. The van der Waals surface area contributed by atoms with E-state index in [4.69, 9.17) is 0 Å². The van der Waals surface area contributed by atoms with Crippen LogP contribution in [0.25, 0.3) is 21.8 Å². The molecule has 0 fully saturated rings. The first-order valence-corrected chi connectivity index (χ1v) is 6.76. The SMILES string of the molecule is O=C(Nc1cccc2cccnc12)c1n[nH]c2ccncc12. The maximum Gasteiger partial charge on any atom is 0.276 e. The van der Waals surface area contributed by atoms with E-state index in [2.05, 4.69) is 25.5 Å². The number of anilines is 1.